The Bertz CT molecular complexity index is 567. The van der Waals surface area contributed by atoms with E-state index in [2.05, 4.69) is 36.2 Å². The first-order valence-corrected chi connectivity index (χ1v) is 8.05. The first kappa shape index (κ1) is 15.3. The molecule has 1 saturated heterocycles. The molecule has 1 unspecified atom stereocenters. The Hall–Kier alpha value is -1.59. The number of morpholine rings is 1. The van der Waals surface area contributed by atoms with Crippen LogP contribution in [-0.4, -0.2) is 56.2 Å². The Morgan fingerprint density at radius 2 is 1.86 bits per heavy atom. The topological polar surface area (TPSA) is 44.8 Å². The molecule has 3 rings (SSSR count). The van der Waals surface area contributed by atoms with Gasteiger partial charge in [-0.15, -0.1) is 0 Å². The number of rotatable bonds is 3. The fourth-order valence-corrected chi connectivity index (χ4v) is 3.08. The highest BCUT2D eigenvalue weighted by Gasteiger charge is 2.30. The van der Waals surface area contributed by atoms with Crippen molar-refractivity contribution in [1.82, 2.24) is 4.90 Å². The van der Waals surface area contributed by atoms with Gasteiger partial charge in [-0.3, -0.25) is 9.69 Å². The van der Waals surface area contributed by atoms with Gasteiger partial charge >= 0.3 is 0 Å². The molecule has 0 saturated carbocycles. The second-order valence-corrected chi connectivity index (χ2v) is 6.26. The summed E-state index contributed by atoms with van der Waals surface area (Å²) in [5, 5.41) is 3.32. The minimum absolute atomic E-state index is 0.156. The number of amides is 1. The summed E-state index contributed by atoms with van der Waals surface area (Å²) in [5.41, 5.74) is 4.55. The second kappa shape index (κ2) is 6.26. The number of nitrogens with zero attached hydrogens (tertiary/aromatic N) is 2. The predicted octanol–water partition coefficient (Wildman–Crippen LogP) is 1.78. The number of benzene rings is 1. The van der Waals surface area contributed by atoms with Crippen LogP contribution in [0.1, 0.15) is 18.1 Å². The predicted molar refractivity (Wildman–Crippen MR) is 88.6 cm³/mol. The summed E-state index contributed by atoms with van der Waals surface area (Å²) >= 11 is 0. The molecule has 1 N–H and O–H groups in total. The lowest BCUT2D eigenvalue weighted by atomic mass is 10.0. The monoisotopic (exact) mass is 303 g/mol. The van der Waals surface area contributed by atoms with Gasteiger partial charge in [0.25, 0.3) is 0 Å². The molecule has 2 aliphatic heterocycles. The van der Waals surface area contributed by atoms with Crippen molar-refractivity contribution in [3.63, 3.8) is 0 Å². The number of carbonyl (C=O) groups is 1. The van der Waals surface area contributed by atoms with Gasteiger partial charge in [-0.2, -0.15) is 0 Å². The van der Waals surface area contributed by atoms with Gasteiger partial charge in [0, 0.05) is 26.2 Å². The summed E-state index contributed by atoms with van der Waals surface area (Å²) in [6, 6.07) is 4.11. The molecule has 5 nitrogen and oxygen atoms in total. The fraction of sp³-hybridized carbons (Fsp3) is 0.588. The number of aryl methyl sites for hydroxylation is 2. The molecule has 1 aromatic carbocycles. The minimum atomic E-state index is -0.167. The smallest absolute Gasteiger partial charge is 0.249 e. The molecule has 0 aliphatic carbocycles. The van der Waals surface area contributed by atoms with Crippen LogP contribution in [0.25, 0.3) is 0 Å². The van der Waals surface area contributed by atoms with Gasteiger partial charge in [0.2, 0.25) is 5.91 Å². The molecule has 0 aromatic heterocycles. The number of ether oxygens (including phenoxy) is 1. The molecular weight excluding hydrogens is 278 g/mol. The maximum atomic E-state index is 12.6. The summed E-state index contributed by atoms with van der Waals surface area (Å²) in [6.07, 6.45) is 0. The minimum Gasteiger partial charge on any atom is -0.379 e. The van der Waals surface area contributed by atoms with Crippen molar-refractivity contribution in [2.24, 2.45) is 0 Å². The van der Waals surface area contributed by atoms with Crippen LogP contribution in [0.2, 0.25) is 0 Å². The Morgan fingerprint density at radius 1 is 1.18 bits per heavy atom. The Morgan fingerprint density at radius 3 is 2.59 bits per heavy atom. The molecule has 2 aliphatic rings. The molecule has 22 heavy (non-hydrogen) atoms. The van der Waals surface area contributed by atoms with E-state index >= 15 is 0 Å². The molecule has 120 valence electrons. The van der Waals surface area contributed by atoms with Gasteiger partial charge in [-0.25, -0.2) is 0 Å². The highest BCUT2D eigenvalue weighted by Crippen LogP contribution is 2.33. The van der Waals surface area contributed by atoms with E-state index in [1.165, 1.54) is 11.1 Å². The van der Waals surface area contributed by atoms with Crippen molar-refractivity contribution in [2.75, 3.05) is 49.6 Å². The lowest BCUT2D eigenvalue weighted by Crippen LogP contribution is -2.49. The zero-order valence-electron chi connectivity index (χ0n) is 13.7. The standard InChI is InChI=1S/C17H25N3O2/c1-12-10-15-16(11-13(12)2)20(17(21)14(3)18-15)5-4-19-6-8-22-9-7-19/h10-11,14,18H,4-9H2,1-3H3. The van der Waals surface area contributed by atoms with Crippen LogP contribution >= 0.6 is 0 Å². The van der Waals surface area contributed by atoms with E-state index in [9.17, 15) is 4.79 Å². The Labute approximate surface area is 132 Å². The third-order valence-electron chi connectivity index (χ3n) is 4.65. The van der Waals surface area contributed by atoms with Crippen LogP contribution in [0.5, 0.6) is 0 Å². The number of nitrogens with one attached hydrogen (secondary N) is 1. The van der Waals surface area contributed by atoms with E-state index in [-0.39, 0.29) is 11.9 Å². The fourth-order valence-electron chi connectivity index (χ4n) is 3.08. The van der Waals surface area contributed by atoms with E-state index in [1.54, 1.807) is 0 Å². The van der Waals surface area contributed by atoms with Crippen molar-refractivity contribution in [2.45, 2.75) is 26.8 Å². The van der Waals surface area contributed by atoms with Crippen LogP contribution < -0.4 is 10.2 Å². The van der Waals surface area contributed by atoms with Crippen molar-refractivity contribution in [1.29, 1.82) is 0 Å². The van der Waals surface area contributed by atoms with E-state index in [0.29, 0.717) is 0 Å². The van der Waals surface area contributed by atoms with Crippen molar-refractivity contribution >= 4 is 17.3 Å². The summed E-state index contributed by atoms with van der Waals surface area (Å²) in [7, 11) is 0. The molecular formula is C17H25N3O2. The summed E-state index contributed by atoms with van der Waals surface area (Å²) in [6.45, 7) is 11.3. The molecule has 5 heteroatoms. The van der Waals surface area contributed by atoms with Crippen LogP contribution in [0.15, 0.2) is 12.1 Å². The van der Waals surface area contributed by atoms with Crippen LogP contribution in [0, 0.1) is 13.8 Å². The molecule has 1 amide bonds. The highest BCUT2D eigenvalue weighted by atomic mass is 16.5. The highest BCUT2D eigenvalue weighted by molar-refractivity contribution is 6.04. The zero-order chi connectivity index (χ0) is 15.7. The third kappa shape index (κ3) is 2.96. The second-order valence-electron chi connectivity index (χ2n) is 6.26. The lowest BCUT2D eigenvalue weighted by molar-refractivity contribution is -0.119. The van der Waals surface area contributed by atoms with Gasteiger partial charge in [0.15, 0.2) is 0 Å². The largest absolute Gasteiger partial charge is 0.379 e. The third-order valence-corrected chi connectivity index (χ3v) is 4.65. The lowest BCUT2D eigenvalue weighted by Gasteiger charge is -2.36. The normalized spacial score (nSPS) is 22.4. The van der Waals surface area contributed by atoms with Crippen molar-refractivity contribution in [3.8, 4) is 0 Å². The number of hydrogen-bond donors (Lipinski definition) is 1. The zero-order valence-corrected chi connectivity index (χ0v) is 13.7. The molecule has 1 fully saturated rings. The average molecular weight is 303 g/mol. The van der Waals surface area contributed by atoms with Gasteiger partial charge in [-0.1, -0.05) is 0 Å². The quantitative estimate of drug-likeness (QED) is 0.924. The van der Waals surface area contributed by atoms with E-state index < -0.39 is 0 Å². The van der Waals surface area contributed by atoms with Gasteiger partial charge in [0.05, 0.1) is 24.6 Å². The summed E-state index contributed by atoms with van der Waals surface area (Å²) < 4.78 is 5.38. The van der Waals surface area contributed by atoms with E-state index in [4.69, 9.17) is 4.74 Å². The number of carbonyl (C=O) groups excluding carboxylic acids is 1. The molecule has 1 aromatic rings. The van der Waals surface area contributed by atoms with Gasteiger partial charge in [-0.05, 0) is 44.0 Å². The number of hydrogen-bond acceptors (Lipinski definition) is 4. The molecule has 0 spiro atoms. The number of anilines is 2. The number of fused-ring (bicyclic) bond motifs is 1. The van der Waals surface area contributed by atoms with E-state index in [0.717, 1.165) is 50.8 Å². The Balaban J connectivity index is 1.80. The van der Waals surface area contributed by atoms with Crippen molar-refractivity contribution in [3.05, 3.63) is 23.3 Å². The first-order chi connectivity index (χ1) is 10.6. The van der Waals surface area contributed by atoms with Gasteiger partial charge in [0.1, 0.15) is 6.04 Å². The molecule has 1 atom stereocenters. The maximum absolute atomic E-state index is 12.6. The average Bonchev–Trinajstić information content (AvgIpc) is 2.51. The molecule has 0 radical (unpaired) electrons. The van der Waals surface area contributed by atoms with E-state index in [1.807, 2.05) is 11.8 Å². The van der Waals surface area contributed by atoms with Crippen molar-refractivity contribution < 1.29 is 9.53 Å². The Kier molecular flexibility index (Phi) is 4.36. The summed E-state index contributed by atoms with van der Waals surface area (Å²) in [5.74, 6) is 0.156. The van der Waals surface area contributed by atoms with Crippen LogP contribution in [0.3, 0.4) is 0 Å². The molecule has 0 bridgehead atoms. The molecule has 2 heterocycles. The van der Waals surface area contributed by atoms with Crippen LogP contribution in [-0.2, 0) is 9.53 Å². The SMILES string of the molecule is Cc1cc2c(cc1C)N(CCN1CCOCC1)C(=O)C(C)N2. The maximum Gasteiger partial charge on any atom is 0.249 e. The van der Waals surface area contributed by atoms with Gasteiger partial charge < -0.3 is 15.0 Å². The van der Waals surface area contributed by atoms with Crippen LogP contribution in [0.4, 0.5) is 11.4 Å². The summed E-state index contributed by atoms with van der Waals surface area (Å²) in [4.78, 5) is 16.9. The first-order valence-electron chi connectivity index (χ1n) is 8.05.